The summed E-state index contributed by atoms with van der Waals surface area (Å²) in [6.07, 6.45) is 0.813. The molecule has 1 aromatic heterocycles. The van der Waals surface area contributed by atoms with Crippen LogP contribution >= 0.6 is 0 Å². The van der Waals surface area contributed by atoms with Gasteiger partial charge in [0, 0.05) is 32.4 Å². The number of anilines is 2. The number of carbonyl (C=O) groups excluding carboxylic acids is 1. The first-order valence-corrected chi connectivity index (χ1v) is 5.65. The molecule has 1 aliphatic heterocycles. The molecule has 0 aromatic carbocycles. The number of hydrogen-bond acceptors (Lipinski definition) is 5. The first-order valence-electron chi connectivity index (χ1n) is 5.65. The Balaban J connectivity index is 2.13. The normalized spacial score (nSPS) is 19.6. The van der Waals surface area contributed by atoms with Crippen LogP contribution in [-0.4, -0.2) is 47.5 Å². The maximum absolute atomic E-state index is 11.8. The number of nitrogens with zero attached hydrogens (tertiary/aromatic N) is 3. The molecule has 2 heterocycles. The Kier molecular flexibility index (Phi) is 3.12. The fourth-order valence-corrected chi connectivity index (χ4v) is 1.89. The minimum Gasteiger partial charge on any atom is -0.358 e. The zero-order valence-corrected chi connectivity index (χ0v) is 10.3. The average Bonchev–Trinajstić information content (AvgIpc) is 2.60. The van der Waals surface area contributed by atoms with E-state index in [1.807, 2.05) is 20.0 Å². The maximum Gasteiger partial charge on any atom is 0.244 e. The number of likely N-dealkylation sites (tertiary alicyclic amines) is 1. The zero-order chi connectivity index (χ0) is 12.4. The van der Waals surface area contributed by atoms with E-state index >= 15 is 0 Å². The number of carbonyl (C=O) groups is 1. The Morgan fingerprint density at radius 1 is 1.47 bits per heavy atom. The third kappa shape index (κ3) is 2.46. The van der Waals surface area contributed by atoms with Crippen molar-refractivity contribution in [1.29, 1.82) is 0 Å². The summed E-state index contributed by atoms with van der Waals surface area (Å²) < 4.78 is 0. The number of aryl methyl sites for hydroxylation is 1. The van der Waals surface area contributed by atoms with Gasteiger partial charge in [-0.05, 0) is 13.3 Å². The Morgan fingerprint density at radius 2 is 2.24 bits per heavy atom. The summed E-state index contributed by atoms with van der Waals surface area (Å²) in [5, 5.41) is 6.05. The van der Waals surface area contributed by atoms with Gasteiger partial charge >= 0.3 is 0 Å². The molecule has 17 heavy (non-hydrogen) atoms. The molecular formula is C11H17N5O. The van der Waals surface area contributed by atoms with Crippen molar-refractivity contribution in [2.24, 2.45) is 0 Å². The molecule has 1 aromatic rings. The molecule has 1 fully saturated rings. The maximum atomic E-state index is 11.8. The fourth-order valence-electron chi connectivity index (χ4n) is 1.89. The van der Waals surface area contributed by atoms with Crippen molar-refractivity contribution in [3.63, 3.8) is 0 Å². The van der Waals surface area contributed by atoms with Gasteiger partial charge in [-0.3, -0.25) is 4.79 Å². The lowest BCUT2D eigenvalue weighted by Crippen LogP contribution is -2.31. The van der Waals surface area contributed by atoms with Crippen molar-refractivity contribution < 1.29 is 4.79 Å². The molecule has 0 bridgehead atoms. The summed E-state index contributed by atoms with van der Waals surface area (Å²) in [4.78, 5) is 22.0. The van der Waals surface area contributed by atoms with E-state index in [1.165, 1.54) is 0 Å². The molecule has 0 radical (unpaired) electrons. The van der Waals surface area contributed by atoms with Gasteiger partial charge in [0.2, 0.25) is 11.9 Å². The van der Waals surface area contributed by atoms with Gasteiger partial charge in [-0.25, -0.2) is 4.98 Å². The molecule has 0 spiro atoms. The van der Waals surface area contributed by atoms with Crippen molar-refractivity contribution in [2.45, 2.75) is 19.4 Å². The molecule has 6 nitrogen and oxygen atoms in total. The highest BCUT2D eigenvalue weighted by molar-refractivity contribution is 5.86. The molecule has 1 unspecified atom stereocenters. The molecule has 1 aliphatic rings. The third-order valence-corrected chi connectivity index (χ3v) is 2.83. The van der Waals surface area contributed by atoms with Crippen molar-refractivity contribution in [3.8, 4) is 0 Å². The van der Waals surface area contributed by atoms with Crippen molar-refractivity contribution in [1.82, 2.24) is 14.9 Å². The first-order chi connectivity index (χ1) is 8.10. The Hall–Kier alpha value is -1.85. The third-order valence-electron chi connectivity index (χ3n) is 2.83. The molecule has 0 saturated carbocycles. The van der Waals surface area contributed by atoms with Crippen molar-refractivity contribution in [3.05, 3.63) is 11.8 Å². The molecule has 92 valence electrons. The molecule has 2 N–H and O–H groups in total. The lowest BCUT2D eigenvalue weighted by atomic mass is 10.2. The largest absolute Gasteiger partial charge is 0.358 e. The second kappa shape index (κ2) is 4.57. The van der Waals surface area contributed by atoms with Gasteiger partial charge in [0.05, 0.1) is 0 Å². The topological polar surface area (TPSA) is 70.2 Å². The fraction of sp³-hybridized carbons (Fsp3) is 0.545. The second-order valence-corrected chi connectivity index (χ2v) is 4.21. The Bertz CT molecular complexity index is 434. The molecular weight excluding hydrogens is 218 g/mol. The Labute approximate surface area is 100 Å². The standard InChI is InChI=1S/C11H17N5O/c1-7-6-9(15-11(12-2)13-7)14-8-4-5-16(3)10(8)17/h6,8H,4-5H2,1-3H3,(H2,12,13,14,15). The van der Waals surface area contributed by atoms with Crippen LogP contribution in [0.1, 0.15) is 12.1 Å². The molecule has 1 saturated heterocycles. The predicted molar refractivity (Wildman–Crippen MR) is 66.0 cm³/mol. The van der Waals surface area contributed by atoms with Crippen LogP contribution in [0.5, 0.6) is 0 Å². The summed E-state index contributed by atoms with van der Waals surface area (Å²) in [6.45, 7) is 2.69. The van der Waals surface area contributed by atoms with E-state index in [9.17, 15) is 4.79 Å². The number of likely N-dealkylation sites (N-methyl/N-ethyl adjacent to an activating group) is 1. The highest BCUT2D eigenvalue weighted by atomic mass is 16.2. The summed E-state index contributed by atoms with van der Waals surface area (Å²) in [5.41, 5.74) is 0.866. The number of nitrogens with one attached hydrogen (secondary N) is 2. The number of amides is 1. The summed E-state index contributed by atoms with van der Waals surface area (Å²) >= 11 is 0. The smallest absolute Gasteiger partial charge is 0.244 e. The van der Waals surface area contributed by atoms with Gasteiger partial charge in [0.15, 0.2) is 0 Å². The van der Waals surface area contributed by atoms with Crippen LogP contribution in [0.3, 0.4) is 0 Å². The number of rotatable bonds is 3. The van der Waals surface area contributed by atoms with Crippen LogP contribution < -0.4 is 10.6 Å². The van der Waals surface area contributed by atoms with Gasteiger partial charge < -0.3 is 15.5 Å². The van der Waals surface area contributed by atoms with Gasteiger partial charge in [0.1, 0.15) is 11.9 Å². The lowest BCUT2D eigenvalue weighted by Gasteiger charge is -2.13. The van der Waals surface area contributed by atoms with Crippen LogP contribution in [0.25, 0.3) is 0 Å². The van der Waals surface area contributed by atoms with E-state index in [1.54, 1.807) is 11.9 Å². The number of hydrogen-bond donors (Lipinski definition) is 2. The van der Waals surface area contributed by atoms with E-state index in [0.29, 0.717) is 11.8 Å². The molecule has 1 amide bonds. The highest BCUT2D eigenvalue weighted by Gasteiger charge is 2.29. The van der Waals surface area contributed by atoms with Crippen LogP contribution in [-0.2, 0) is 4.79 Å². The van der Waals surface area contributed by atoms with E-state index in [0.717, 1.165) is 18.7 Å². The SMILES string of the molecule is CNc1nc(C)cc(NC2CCN(C)C2=O)n1. The molecule has 0 aliphatic carbocycles. The summed E-state index contributed by atoms with van der Waals surface area (Å²) in [6, 6.07) is 1.67. The van der Waals surface area contributed by atoms with E-state index in [4.69, 9.17) is 0 Å². The molecule has 1 atom stereocenters. The monoisotopic (exact) mass is 235 g/mol. The summed E-state index contributed by atoms with van der Waals surface area (Å²) in [5.74, 6) is 1.37. The molecule has 2 rings (SSSR count). The van der Waals surface area contributed by atoms with Crippen LogP contribution in [0.4, 0.5) is 11.8 Å². The zero-order valence-electron chi connectivity index (χ0n) is 10.3. The quantitative estimate of drug-likeness (QED) is 0.797. The average molecular weight is 235 g/mol. The summed E-state index contributed by atoms with van der Waals surface area (Å²) in [7, 11) is 3.58. The van der Waals surface area contributed by atoms with E-state index in [-0.39, 0.29) is 11.9 Å². The first kappa shape index (κ1) is 11.6. The highest BCUT2D eigenvalue weighted by Crippen LogP contribution is 2.16. The van der Waals surface area contributed by atoms with Gasteiger partial charge in [0.25, 0.3) is 0 Å². The Morgan fingerprint density at radius 3 is 2.82 bits per heavy atom. The van der Waals surface area contributed by atoms with Gasteiger partial charge in [-0.15, -0.1) is 0 Å². The molecule has 6 heteroatoms. The van der Waals surface area contributed by atoms with Crippen LogP contribution in [0, 0.1) is 6.92 Å². The van der Waals surface area contributed by atoms with Crippen LogP contribution in [0.2, 0.25) is 0 Å². The van der Waals surface area contributed by atoms with Crippen molar-refractivity contribution >= 4 is 17.7 Å². The van der Waals surface area contributed by atoms with E-state index in [2.05, 4.69) is 20.6 Å². The predicted octanol–water partition coefficient (Wildman–Crippen LogP) is 0.469. The minimum absolute atomic E-state index is 0.118. The number of aromatic nitrogens is 2. The van der Waals surface area contributed by atoms with Crippen LogP contribution in [0.15, 0.2) is 6.07 Å². The van der Waals surface area contributed by atoms with Gasteiger partial charge in [-0.2, -0.15) is 4.98 Å². The van der Waals surface area contributed by atoms with Crippen molar-refractivity contribution in [2.75, 3.05) is 31.3 Å². The second-order valence-electron chi connectivity index (χ2n) is 4.21. The minimum atomic E-state index is -0.168. The van der Waals surface area contributed by atoms with Gasteiger partial charge in [-0.1, -0.05) is 0 Å². The van der Waals surface area contributed by atoms with E-state index < -0.39 is 0 Å². The lowest BCUT2D eigenvalue weighted by molar-refractivity contribution is -0.127.